The lowest BCUT2D eigenvalue weighted by atomic mass is 9.77. The van der Waals surface area contributed by atoms with Crippen molar-refractivity contribution in [3.63, 3.8) is 0 Å². The normalized spacial score (nSPS) is 16.3. The molecule has 0 radical (unpaired) electrons. The van der Waals surface area contributed by atoms with E-state index >= 15 is 0 Å². The molecule has 0 aliphatic carbocycles. The van der Waals surface area contributed by atoms with Crippen LogP contribution in [-0.2, 0) is 20.0 Å². The topological polar surface area (TPSA) is 175 Å². The molecule has 112 valence electrons. The third kappa shape index (κ3) is 2.22. The van der Waals surface area contributed by atoms with Crippen molar-refractivity contribution in [1.29, 1.82) is 0 Å². The van der Waals surface area contributed by atoms with Crippen LogP contribution in [0.4, 0.5) is 5.69 Å². The molecule has 0 fully saturated rings. The molecule has 0 aliphatic heterocycles. The number of hydrogen-bond acceptors (Lipinski definition) is 7. The van der Waals surface area contributed by atoms with Crippen molar-refractivity contribution in [1.82, 2.24) is 0 Å². The Balaban J connectivity index is 3.80. The van der Waals surface area contributed by atoms with E-state index in [4.69, 9.17) is 10.2 Å². The summed E-state index contributed by atoms with van der Waals surface area (Å²) in [6, 6.07) is 3.72. The lowest BCUT2D eigenvalue weighted by molar-refractivity contribution is -0.387. The van der Waals surface area contributed by atoms with Crippen LogP contribution in [0.15, 0.2) is 24.3 Å². The fraction of sp³-hybridized carbons (Fsp3) is 0.182. The molecule has 1 rings (SSSR count). The number of nitro groups is 1. The van der Waals surface area contributed by atoms with E-state index < -0.39 is 45.6 Å². The van der Waals surface area contributed by atoms with Gasteiger partial charge in [-0.3, -0.25) is 14.9 Å². The first kappa shape index (κ1) is 16.2. The first-order chi connectivity index (χ1) is 9.62. The molecule has 0 amide bonds. The van der Waals surface area contributed by atoms with Gasteiger partial charge < -0.3 is 20.4 Å². The Morgan fingerprint density at radius 2 is 1.67 bits per heavy atom. The highest BCUT2D eigenvalue weighted by molar-refractivity contribution is 6.04. The van der Waals surface area contributed by atoms with Crippen LogP contribution in [0, 0.1) is 10.1 Å². The molecule has 4 N–H and O–H groups in total. The van der Waals surface area contributed by atoms with Crippen molar-refractivity contribution in [3.8, 4) is 0 Å². The van der Waals surface area contributed by atoms with Crippen LogP contribution in [0.5, 0.6) is 0 Å². The van der Waals surface area contributed by atoms with Crippen LogP contribution in [0.25, 0.3) is 0 Å². The van der Waals surface area contributed by atoms with Gasteiger partial charge in [0.25, 0.3) is 11.3 Å². The van der Waals surface area contributed by atoms with Gasteiger partial charge in [0, 0.05) is 6.07 Å². The van der Waals surface area contributed by atoms with Crippen molar-refractivity contribution in [2.45, 2.75) is 11.2 Å². The predicted molar refractivity (Wildman–Crippen MR) is 63.3 cm³/mol. The largest absolute Gasteiger partial charge is 0.479 e. The standard InChI is InChI=1S/C11H9NO9/c13-5-10(18,8(14)15)11(19,9(16)17)6-3-1-2-4-7(6)12(20)21/h1-5,18-19H,(H,14,15)(H,16,17). The molecular weight excluding hydrogens is 290 g/mol. The van der Waals surface area contributed by atoms with E-state index in [0.29, 0.717) is 0 Å². The first-order valence-corrected chi connectivity index (χ1v) is 5.24. The monoisotopic (exact) mass is 299 g/mol. The van der Waals surface area contributed by atoms with E-state index in [9.17, 15) is 34.7 Å². The zero-order valence-corrected chi connectivity index (χ0v) is 10.2. The summed E-state index contributed by atoms with van der Waals surface area (Å²) in [5, 5.41) is 48.6. The third-order valence-electron chi connectivity index (χ3n) is 2.85. The number of carboxylic acids is 2. The average molecular weight is 299 g/mol. The summed E-state index contributed by atoms with van der Waals surface area (Å²) in [6.07, 6.45) is -0.708. The Labute approximate surface area is 116 Å². The maximum absolute atomic E-state index is 11.3. The van der Waals surface area contributed by atoms with Crippen molar-refractivity contribution in [3.05, 3.63) is 39.9 Å². The fourth-order valence-electron chi connectivity index (χ4n) is 1.71. The van der Waals surface area contributed by atoms with Crippen LogP contribution in [-0.4, -0.2) is 49.2 Å². The average Bonchev–Trinajstić information content (AvgIpc) is 2.44. The number of carbonyl (C=O) groups excluding carboxylic acids is 1. The second-order valence-electron chi connectivity index (χ2n) is 3.98. The molecule has 0 aliphatic rings. The number of aliphatic carboxylic acids is 2. The van der Waals surface area contributed by atoms with E-state index in [1.165, 1.54) is 0 Å². The van der Waals surface area contributed by atoms with Gasteiger partial charge in [-0.2, -0.15) is 0 Å². The van der Waals surface area contributed by atoms with Crippen LogP contribution in [0.1, 0.15) is 5.56 Å². The van der Waals surface area contributed by atoms with E-state index in [2.05, 4.69) is 0 Å². The molecule has 21 heavy (non-hydrogen) atoms. The quantitative estimate of drug-likeness (QED) is 0.219. The van der Waals surface area contributed by atoms with Crippen LogP contribution < -0.4 is 0 Å². The molecule has 0 saturated carbocycles. The maximum Gasteiger partial charge on any atom is 0.347 e. The minimum absolute atomic E-state index is 0.708. The highest BCUT2D eigenvalue weighted by Crippen LogP contribution is 2.38. The zero-order chi connectivity index (χ0) is 16.4. The molecule has 0 heterocycles. The lowest BCUT2D eigenvalue weighted by Gasteiger charge is -2.32. The van der Waals surface area contributed by atoms with Gasteiger partial charge in [0.1, 0.15) is 0 Å². The Kier molecular flexibility index (Phi) is 4.06. The lowest BCUT2D eigenvalue weighted by Crippen LogP contribution is -2.62. The summed E-state index contributed by atoms with van der Waals surface area (Å²) < 4.78 is 0. The van der Waals surface area contributed by atoms with Gasteiger partial charge in [0.2, 0.25) is 5.60 Å². The third-order valence-corrected chi connectivity index (χ3v) is 2.85. The number of aldehydes is 1. The SMILES string of the molecule is O=CC(O)(C(=O)O)C(O)(C(=O)O)c1ccccc1[N+](=O)[O-]. The Morgan fingerprint density at radius 3 is 2.05 bits per heavy atom. The second kappa shape index (κ2) is 5.26. The summed E-state index contributed by atoms with van der Waals surface area (Å²) in [7, 11) is 0. The van der Waals surface area contributed by atoms with Crippen molar-refractivity contribution < 1.29 is 39.7 Å². The maximum atomic E-state index is 11.3. The Bertz CT molecular complexity index is 628. The number of nitrogens with zero attached hydrogens (tertiary/aromatic N) is 1. The molecule has 2 unspecified atom stereocenters. The molecule has 2 atom stereocenters. The molecule has 1 aromatic carbocycles. The number of aliphatic hydroxyl groups is 2. The number of benzene rings is 1. The molecule has 0 saturated heterocycles. The summed E-state index contributed by atoms with van der Waals surface area (Å²) in [4.78, 5) is 42.9. The molecule has 0 spiro atoms. The van der Waals surface area contributed by atoms with Gasteiger partial charge in [-0.25, -0.2) is 9.59 Å². The van der Waals surface area contributed by atoms with Crippen molar-refractivity contribution >= 4 is 23.9 Å². The number of rotatable bonds is 6. The number of nitro benzene ring substituents is 1. The van der Waals surface area contributed by atoms with Gasteiger partial charge >= 0.3 is 11.9 Å². The summed E-state index contributed by atoms with van der Waals surface area (Å²) in [5.74, 6) is -4.71. The van der Waals surface area contributed by atoms with Crippen LogP contribution in [0.3, 0.4) is 0 Å². The predicted octanol–water partition coefficient (Wildman–Crippen LogP) is -1.12. The van der Waals surface area contributed by atoms with Gasteiger partial charge in [0.15, 0.2) is 6.29 Å². The number of hydrogen-bond donors (Lipinski definition) is 4. The van der Waals surface area contributed by atoms with Gasteiger partial charge in [-0.1, -0.05) is 12.1 Å². The Morgan fingerprint density at radius 1 is 1.14 bits per heavy atom. The van der Waals surface area contributed by atoms with Crippen LogP contribution in [0.2, 0.25) is 0 Å². The number of carboxylic acid groups (broad SMARTS) is 2. The van der Waals surface area contributed by atoms with E-state index in [1.54, 1.807) is 0 Å². The molecular formula is C11H9NO9. The molecule has 10 heteroatoms. The Hall–Kier alpha value is -2.85. The molecule has 1 aromatic rings. The molecule has 10 nitrogen and oxygen atoms in total. The molecule has 0 bridgehead atoms. The number of para-hydroxylation sites is 1. The van der Waals surface area contributed by atoms with Crippen molar-refractivity contribution in [2.75, 3.05) is 0 Å². The van der Waals surface area contributed by atoms with E-state index in [-0.39, 0.29) is 0 Å². The van der Waals surface area contributed by atoms with Crippen LogP contribution >= 0.6 is 0 Å². The minimum atomic E-state index is -3.81. The summed E-state index contributed by atoms with van der Waals surface area (Å²) >= 11 is 0. The highest BCUT2D eigenvalue weighted by atomic mass is 16.6. The van der Waals surface area contributed by atoms with E-state index in [0.717, 1.165) is 24.3 Å². The second-order valence-corrected chi connectivity index (χ2v) is 3.98. The van der Waals surface area contributed by atoms with Gasteiger partial charge in [0.05, 0.1) is 10.5 Å². The smallest absolute Gasteiger partial charge is 0.347 e. The van der Waals surface area contributed by atoms with E-state index in [1.807, 2.05) is 0 Å². The number of carbonyl (C=O) groups is 3. The summed E-state index contributed by atoms with van der Waals surface area (Å²) in [6.45, 7) is 0. The highest BCUT2D eigenvalue weighted by Gasteiger charge is 2.64. The molecule has 0 aromatic heterocycles. The summed E-state index contributed by atoms with van der Waals surface area (Å²) in [5.41, 5.74) is -9.57. The zero-order valence-electron chi connectivity index (χ0n) is 10.2. The van der Waals surface area contributed by atoms with Crippen molar-refractivity contribution in [2.24, 2.45) is 0 Å². The fourth-order valence-corrected chi connectivity index (χ4v) is 1.71. The van der Waals surface area contributed by atoms with Gasteiger partial charge in [-0.05, 0) is 6.07 Å². The first-order valence-electron chi connectivity index (χ1n) is 5.24. The minimum Gasteiger partial charge on any atom is -0.479 e. The van der Waals surface area contributed by atoms with Gasteiger partial charge in [-0.15, -0.1) is 0 Å².